The number of carbonyl (C=O) groups excluding carboxylic acids is 1. The molecule has 1 aromatic carbocycles. The number of piperidine rings is 1. The number of alkyl halides is 3. The summed E-state index contributed by atoms with van der Waals surface area (Å²) in [5.41, 5.74) is 0.0714. The van der Waals surface area contributed by atoms with E-state index in [9.17, 15) is 18.0 Å². The number of carbonyl (C=O) groups is 1. The van der Waals surface area contributed by atoms with Crippen molar-refractivity contribution in [2.75, 3.05) is 45.9 Å². The van der Waals surface area contributed by atoms with Crippen LogP contribution in [0.3, 0.4) is 0 Å². The molecule has 1 amide bonds. The molecule has 4 rings (SSSR count). The SMILES string of the molecule is O=C(c1ccc(-n2ccc(C(F)(F)F)n2)cc1)N1CCCC(CN2CCOCC2)C1. The van der Waals surface area contributed by atoms with E-state index in [1.54, 1.807) is 24.3 Å². The minimum Gasteiger partial charge on any atom is -0.379 e. The van der Waals surface area contributed by atoms with Gasteiger partial charge in [0.1, 0.15) is 0 Å². The zero-order valence-electron chi connectivity index (χ0n) is 16.6. The first-order chi connectivity index (χ1) is 14.4. The summed E-state index contributed by atoms with van der Waals surface area (Å²) in [5.74, 6) is 0.412. The number of benzene rings is 1. The van der Waals surface area contributed by atoms with Gasteiger partial charge in [0.05, 0.1) is 18.9 Å². The molecule has 2 aliphatic rings. The fraction of sp³-hybridized carbons (Fsp3) is 0.524. The lowest BCUT2D eigenvalue weighted by Gasteiger charge is -2.36. The Labute approximate surface area is 173 Å². The van der Waals surface area contributed by atoms with Gasteiger partial charge in [-0.1, -0.05) is 0 Å². The van der Waals surface area contributed by atoms with E-state index in [4.69, 9.17) is 4.74 Å². The average Bonchev–Trinajstić information content (AvgIpc) is 3.25. The van der Waals surface area contributed by atoms with Crippen LogP contribution in [0.2, 0.25) is 0 Å². The van der Waals surface area contributed by atoms with E-state index < -0.39 is 11.9 Å². The van der Waals surface area contributed by atoms with Crippen LogP contribution >= 0.6 is 0 Å². The second-order valence-corrected chi connectivity index (χ2v) is 7.86. The van der Waals surface area contributed by atoms with Crippen molar-refractivity contribution in [3.05, 3.63) is 47.8 Å². The first-order valence-corrected chi connectivity index (χ1v) is 10.2. The third-order valence-corrected chi connectivity index (χ3v) is 5.68. The van der Waals surface area contributed by atoms with E-state index in [1.165, 1.54) is 6.20 Å². The summed E-state index contributed by atoms with van der Waals surface area (Å²) in [4.78, 5) is 17.2. The quantitative estimate of drug-likeness (QED) is 0.760. The standard InChI is InChI=1S/C21H25F3N4O2/c22-21(23,24)19-7-9-28(25-19)18-5-3-17(4-6-18)20(29)27-8-1-2-16(15-27)14-26-10-12-30-13-11-26/h3-7,9,16H,1-2,8,10-15H2. The molecule has 0 saturated carbocycles. The Morgan fingerprint density at radius 2 is 1.83 bits per heavy atom. The Morgan fingerprint density at radius 3 is 2.50 bits per heavy atom. The Hall–Kier alpha value is -2.39. The van der Waals surface area contributed by atoms with E-state index in [-0.39, 0.29) is 5.91 Å². The van der Waals surface area contributed by atoms with E-state index in [0.29, 0.717) is 17.2 Å². The molecule has 0 aliphatic carbocycles. The highest BCUT2D eigenvalue weighted by atomic mass is 19.4. The lowest BCUT2D eigenvalue weighted by atomic mass is 9.96. The molecule has 0 bridgehead atoms. The van der Waals surface area contributed by atoms with Gasteiger partial charge >= 0.3 is 6.18 Å². The molecular formula is C21H25F3N4O2. The van der Waals surface area contributed by atoms with Crippen LogP contribution in [0.25, 0.3) is 5.69 Å². The average molecular weight is 422 g/mol. The number of nitrogens with zero attached hydrogens (tertiary/aromatic N) is 4. The van der Waals surface area contributed by atoms with E-state index >= 15 is 0 Å². The first kappa shape index (κ1) is 20.9. The van der Waals surface area contributed by atoms with Crippen molar-refractivity contribution in [2.45, 2.75) is 19.0 Å². The molecule has 1 unspecified atom stereocenters. The molecule has 0 N–H and O–H groups in total. The maximum absolute atomic E-state index is 12.9. The number of aromatic nitrogens is 2. The van der Waals surface area contributed by atoms with Crippen LogP contribution in [-0.2, 0) is 10.9 Å². The fourth-order valence-corrected chi connectivity index (χ4v) is 4.11. The third-order valence-electron chi connectivity index (χ3n) is 5.68. The molecule has 1 aromatic heterocycles. The summed E-state index contributed by atoms with van der Waals surface area (Å²) in [7, 11) is 0. The highest BCUT2D eigenvalue weighted by Gasteiger charge is 2.33. The number of hydrogen-bond acceptors (Lipinski definition) is 4. The van der Waals surface area contributed by atoms with Crippen molar-refractivity contribution in [2.24, 2.45) is 5.92 Å². The molecule has 1 atom stereocenters. The van der Waals surface area contributed by atoms with Crippen molar-refractivity contribution in [3.8, 4) is 5.69 Å². The largest absolute Gasteiger partial charge is 0.435 e. The van der Waals surface area contributed by atoms with Gasteiger partial charge in [-0.2, -0.15) is 18.3 Å². The van der Waals surface area contributed by atoms with Crippen LogP contribution in [0.4, 0.5) is 13.2 Å². The van der Waals surface area contributed by atoms with Crippen molar-refractivity contribution < 1.29 is 22.7 Å². The zero-order valence-corrected chi connectivity index (χ0v) is 16.6. The third kappa shape index (κ3) is 4.84. The van der Waals surface area contributed by atoms with Crippen LogP contribution in [0.1, 0.15) is 28.9 Å². The lowest BCUT2D eigenvalue weighted by Crippen LogP contribution is -2.46. The maximum atomic E-state index is 12.9. The Bertz CT molecular complexity index is 860. The van der Waals surface area contributed by atoms with Gasteiger partial charge in [0.15, 0.2) is 5.69 Å². The normalized spacial score (nSPS) is 21.0. The highest BCUT2D eigenvalue weighted by Crippen LogP contribution is 2.28. The minimum absolute atomic E-state index is 0.0373. The van der Waals surface area contributed by atoms with Gasteiger partial charge in [0, 0.05) is 44.5 Å². The fourth-order valence-electron chi connectivity index (χ4n) is 4.11. The smallest absolute Gasteiger partial charge is 0.379 e. The van der Waals surface area contributed by atoms with Crippen LogP contribution in [0.15, 0.2) is 36.5 Å². The van der Waals surface area contributed by atoms with Crippen molar-refractivity contribution in [1.82, 2.24) is 19.6 Å². The van der Waals surface area contributed by atoms with Gasteiger partial charge in [0.25, 0.3) is 5.91 Å². The van der Waals surface area contributed by atoms with Gasteiger partial charge in [-0.25, -0.2) is 4.68 Å². The van der Waals surface area contributed by atoms with Gasteiger partial charge < -0.3 is 9.64 Å². The van der Waals surface area contributed by atoms with Crippen LogP contribution < -0.4 is 0 Å². The predicted molar refractivity (Wildman–Crippen MR) is 104 cm³/mol. The number of likely N-dealkylation sites (tertiary alicyclic amines) is 1. The Balaban J connectivity index is 1.38. The molecule has 2 aliphatic heterocycles. The van der Waals surface area contributed by atoms with Crippen LogP contribution in [-0.4, -0.2) is 71.4 Å². The number of ether oxygens (including phenoxy) is 1. The first-order valence-electron chi connectivity index (χ1n) is 10.2. The summed E-state index contributed by atoms with van der Waals surface area (Å²) in [6.07, 6.45) is -1.12. The number of halogens is 3. The van der Waals surface area contributed by atoms with Crippen molar-refractivity contribution in [1.29, 1.82) is 0 Å². The summed E-state index contributed by atoms with van der Waals surface area (Å²) in [6, 6.07) is 7.48. The zero-order chi connectivity index (χ0) is 21.1. The van der Waals surface area contributed by atoms with E-state index in [2.05, 4.69) is 10.00 Å². The predicted octanol–water partition coefficient (Wildman–Crippen LogP) is 3.08. The highest BCUT2D eigenvalue weighted by molar-refractivity contribution is 5.94. The molecule has 30 heavy (non-hydrogen) atoms. The molecule has 0 radical (unpaired) electrons. The van der Waals surface area contributed by atoms with E-state index in [0.717, 1.165) is 69.5 Å². The Kier molecular flexibility index (Phi) is 6.10. The van der Waals surface area contributed by atoms with Crippen LogP contribution in [0, 0.1) is 5.92 Å². The van der Waals surface area contributed by atoms with Crippen molar-refractivity contribution in [3.63, 3.8) is 0 Å². The monoisotopic (exact) mass is 422 g/mol. The second-order valence-electron chi connectivity index (χ2n) is 7.86. The second kappa shape index (κ2) is 8.77. The summed E-state index contributed by atoms with van der Waals surface area (Å²) >= 11 is 0. The molecule has 9 heteroatoms. The minimum atomic E-state index is -4.48. The molecule has 162 valence electrons. The molecular weight excluding hydrogens is 397 g/mol. The van der Waals surface area contributed by atoms with Gasteiger partial charge in [-0.15, -0.1) is 0 Å². The van der Waals surface area contributed by atoms with Crippen LogP contribution in [0.5, 0.6) is 0 Å². The number of morpholine rings is 1. The summed E-state index contributed by atoms with van der Waals surface area (Å²) in [5, 5.41) is 3.56. The summed E-state index contributed by atoms with van der Waals surface area (Å²) < 4.78 is 44.8. The number of rotatable bonds is 4. The van der Waals surface area contributed by atoms with Gasteiger partial charge in [-0.05, 0) is 49.1 Å². The molecule has 0 spiro atoms. The molecule has 3 heterocycles. The van der Waals surface area contributed by atoms with Gasteiger partial charge in [0.2, 0.25) is 0 Å². The van der Waals surface area contributed by atoms with Crippen molar-refractivity contribution >= 4 is 5.91 Å². The number of amides is 1. The number of hydrogen-bond donors (Lipinski definition) is 0. The van der Waals surface area contributed by atoms with E-state index in [1.807, 2.05) is 4.90 Å². The van der Waals surface area contributed by atoms with Gasteiger partial charge in [-0.3, -0.25) is 9.69 Å². The molecule has 2 aromatic rings. The summed E-state index contributed by atoms with van der Waals surface area (Å²) in [6.45, 7) is 5.85. The lowest BCUT2D eigenvalue weighted by molar-refractivity contribution is -0.141. The maximum Gasteiger partial charge on any atom is 0.435 e. The molecule has 2 fully saturated rings. The molecule has 2 saturated heterocycles. The topological polar surface area (TPSA) is 50.6 Å². The molecule has 6 nitrogen and oxygen atoms in total. The Morgan fingerprint density at radius 1 is 1.10 bits per heavy atom.